The standard InChI is InChI=1S/C19H16BrN3O6/c1-11(19(26)27)21-18(25)16(10-12-3-2-4-15(9-12)23(28)29)22-17(24)13-5-7-14(20)8-6-13/h2-11H,1H3,(H,21,25)(H,22,24)(H,26,27)/p-1/b16-10-/t11-/m0/s1. The van der Waals surface area contributed by atoms with Gasteiger partial charge in [0, 0.05) is 22.2 Å². The van der Waals surface area contributed by atoms with Crippen molar-refractivity contribution >= 4 is 45.5 Å². The molecule has 10 heteroatoms. The third kappa shape index (κ3) is 6.25. The van der Waals surface area contributed by atoms with Crippen LogP contribution < -0.4 is 15.7 Å². The molecule has 1 atom stereocenters. The second-order valence-corrected chi connectivity index (χ2v) is 6.80. The number of aliphatic carboxylic acids is 1. The minimum absolute atomic E-state index is 0.208. The number of carboxylic acids is 1. The van der Waals surface area contributed by atoms with Gasteiger partial charge in [0.1, 0.15) is 5.70 Å². The maximum atomic E-state index is 12.5. The molecule has 29 heavy (non-hydrogen) atoms. The lowest BCUT2D eigenvalue weighted by molar-refractivity contribution is -0.384. The number of carboxylic acid groups (broad SMARTS) is 1. The van der Waals surface area contributed by atoms with E-state index in [1.165, 1.54) is 49.4 Å². The minimum atomic E-state index is -1.51. The second kappa shape index (κ2) is 9.60. The van der Waals surface area contributed by atoms with Crippen LogP contribution in [0.3, 0.4) is 0 Å². The van der Waals surface area contributed by atoms with Crippen molar-refractivity contribution in [2.75, 3.05) is 0 Å². The lowest BCUT2D eigenvalue weighted by Crippen LogP contribution is -2.48. The molecule has 0 heterocycles. The van der Waals surface area contributed by atoms with Gasteiger partial charge in [-0.25, -0.2) is 0 Å². The molecule has 0 spiro atoms. The van der Waals surface area contributed by atoms with Crippen LogP contribution >= 0.6 is 15.9 Å². The Bertz CT molecular complexity index is 988. The smallest absolute Gasteiger partial charge is 0.270 e. The van der Waals surface area contributed by atoms with Gasteiger partial charge in [-0.3, -0.25) is 19.7 Å². The molecule has 0 aliphatic carbocycles. The van der Waals surface area contributed by atoms with Gasteiger partial charge >= 0.3 is 0 Å². The van der Waals surface area contributed by atoms with Gasteiger partial charge in [-0.1, -0.05) is 28.1 Å². The van der Waals surface area contributed by atoms with Crippen molar-refractivity contribution < 1.29 is 24.4 Å². The highest BCUT2D eigenvalue weighted by molar-refractivity contribution is 9.10. The molecule has 2 aromatic carbocycles. The first-order valence-corrected chi connectivity index (χ1v) is 9.01. The maximum Gasteiger partial charge on any atom is 0.270 e. The average Bonchev–Trinajstić information content (AvgIpc) is 2.67. The Kier molecular flexibility index (Phi) is 7.21. The number of nitro groups is 1. The third-order valence-corrected chi connectivity index (χ3v) is 4.22. The van der Waals surface area contributed by atoms with Crippen LogP contribution in [0.25, 0.3) is 6.08 Å². The summed E-state index contributed by atoms with van der Waals surface area (Å²) in [6.45, 7) is 1.20. The molecule has 0 saturated heterocycles. The largest absolute Gasteiger partial charge is 0.548 e. The minimum Gasteiger partial charge on any atom is -0.548 e. The fourth-order valence-electron chi connectivity index (χ4n) is 2.18. The Labute approximate surface area is 173 Å². The zero-order chi connectivity index (χ0) is 21.6. The number of nitro benzene ring substituents is 1. The van der Waals surface area contributed by atoms with Crippen LogP contribution in [0.15, 0.2) is 58.7 Å². The number of non-ortho nitro benzene ring substituents is 1. The molecule has 0 saturated carbocycles. The van der Waals surface area contributed by atoms with Gasteiger partial charge < -0.3 is 20.5 Å². The Hall–Kier alpha value is -3.53. The molecule has 9 nitrogen and oxygen atoms in total. The van der Waals surface area contributed by atoms with Crippen molar-refractivity contribution in [3.63, 3.8) is 0 Å². The fraction of sp³-hybridized carbons (Fsp3) is 0.105. The molecular formula is C19H15BrN3O6-. The molecule has 0 radical (unpaired) electrons. The Morgan fingerprint density at radius 2 is 1.79 bits per heavy atom. The van der Waals surface area contributed by atoms with Crippen LogP contribution in [0.2, 0.25) is 0 Å². The molecule has 0 fully saturated rings. The zero-order valence-corrected chi connectivity index (χ0v) is 16.6. The number of hydrogen-bond donors (Lipinski definition) is 2. The number of nitrogens with zero attached hydrogens (tertiary/aromatic N) is 1. The lowest BCUT2D eigenvalue weighted by Gasteiger charge is -2.17. The van der Waals surface area contributed by atoms with Crippen molar-refractivity contribution in [1.82, 2.24) is 10.6 Å². The predicted molar refractivity (Wildman–Crippen MR) is 105 cm³/mol. The first-order chi connectivity index (χ1) is 13.7. The van der Waals surface area contributed by atoms with E-state index in [1.54, 1.807) is 12.1 Å². The summed E-state index contributed by atoms with van der Waals surface area (Å²) in [5.74, 6) is -3.02. The summed E-state index contributed by atoms with van der Waals surface area (Å²) in [6.07, 6.45) is 1.21. The van der Waals surface area contributed by atoms with Crippen molar-refractivity contribution in [1.29, 1.82) is 0 Å². The van der Waals surface area contributed by atoms with E-state index in [0.29, 0.717) is 0 Å². The maximum absolute atomic E-state index is 12.5. The summed E-state index contributed by atoms with van der Waals surface area (Å²) in [6, 6.07) is 10.4. The van der Waals surface area contributed by atoms with Gasteiger partial charge in [0.15, 0.2) is 0 Å². The van der Waals surface area contributed by atoms with Crippen LogP contribution in [0.1, 0.15) is 22.8 Å². The van der Waals surface area contributed by atoms with Crippen LogP contribution in [0, 0.1) is 10.1 Å². The summed E-state index contributed by atoms with van der Waals surface area (Å²) < 4.78 is 0.752. The summed E-state index contributed by atoms with van der Waals surface area (Å²) in [5, 5.41) is 26.4. The van der Waals surface area contributed by atoms with E-state index in [2.05, 4.69) is 26.6 Å². The average molecular weight is 461 g/mol. The number of halogens is 1. The molecule has 0 bridgehead atoms. The summed E-state index contributed by atoms with van der Waals surface area (Å²) in [7, 11) is 0. The molecule has 0 unspecified atom stereocenters. The Balaban J connectivity index is 2.36. The first-order valence-electron chi connectivity index (χ1n) is 8.22. The van der Waals surface area contributed by atoms with Crippen LogP contribution in [0.5, 0.6) is 0 Å². The van der Waals surface area contributed by atoms with Gasteiger partial charge in [0.25, 0.3) is 17.5 Å². The van der Waals surface area contributed by atoms with Gasteiger partial charge in [-0.2, -0.15) is 0 Å². The van der Waals surface area contributed by atoms with Gasteiger partial charge in [-0.05, 0) is 42.8 Å². The van der Waals surface area contributed by atoms with E-state index in [4.69, 9.17) is 0 Å². The molecule has 0 aliphatic rings. The molecule has 150 valence electrons. The Morgan fingerprint density at radius 1 is 1.14 bits per heavy atom. The van der Waals surface area contributed by atoms with Crippen molar-refractivity contribution in [3.05, 3.63) is 79.9 Å². The number of nitrogens with one attached hydrogen (secondary N) is 2. The molecule has 0 aromatic heterocycles. The Morgan fingerprint density at radius 3 is 2.38 bits per heavy atom. The van der Waals surface area contributed by atoms with Crippen LogP contribution in [-0.2, 0) is 9.59 Å². The number of benzene rings is 2. The highest BCUT2D eigenvalue weighted by atomic mass is 79.9. The number of hydrogen-bond acceptors (Lipinski definition) is 6. The number of carbonyl (C=O) groups excluding carboxylic acids is 3. The summed E-state index contributed by atoms with van der Waals surface area (Å²) in [5.41, 5.74) is 0.0211. The molecule has 2 aromatic rings. The highest BCUT2D eigenvalue weighted by Gasteiger charge is 2.17. The van der Waals surface area contributed by atoms with Gasteiger partial charge in [0.05, 0.1) is 16.9 Å². The van der Waals surface area contributed by atoms with Crippen molar-refractivity contribution in [2.24, 2.45) is 0 Å². The third-order valence-electron chi connectivity index (χ3n) is 3.69. The quantitative estimate of drug-likeness (QED) is 0.363. The molecule has 2 rings (SSSR count). The van der Waals surface area contributed by atoms with Crippen LogP contribution in [0.4, 0.5) is 5.69 Å². The molecular weight excluding hydrogens is 446 g/mol. The molecule has 0 aliphatic heterocycles. The van der Waals surface area contributed by atoms with E-state index >= 15 is 0 Å². The van der Waals surface area contributed by atoms with Gasteiger partial charge in [-0.15, -0.1) is 0 Å². The number of rotatable bonds is 7. The summed E-state index contributed by atoms with van der Waals surface area (Å²) in [4.78, 5) is 46.2. The summed E-state index contributed by atoms with van der Waals surface area (Å²) >= 11 is 3.25. The second-order valence-electron chi connectivity index (χ2n) is 5.89. The fourth-order valence-corrected chi connectivity index (χ4v) is 2.45. The van der Waals surface area contributed by atoms with E-state index < -0.39 is 28.7 Å². The normalized spacial score (nSPS) is 12.0. The molecule has 2 amide bonds. The molecule has 2 N–H and O–H groups in total. The SMILES string of the molecule is C[C@H](NC(=O)/C(=C/c1cccc([N+](=O)[O-])c1)NC(=O)c1ccc(Br)cc1)C(=O)[O-]. The first kappa shape index (κ1) is 21.8. The van der Waals surface area contributed by atoms with Gasteiger partial charge in [0.2, 0.25) is 0 Å². The number of amides is 2. The van der Waals surface area contributed by atoms with E-state index in [9.17, 15) is 29.6 Å². The topological polar surface area (TPSA) is 141 Å². The van der Waals surface area contributed by atoms with Crippen molar-refractivity contribution in [3.8, 4) is 0 Å². The zero-order valence-electron chi connectivity index (χ0n) is 15.0. The predicted octanol–water partition coefficient (Wildman–Crippen LogP) is 1.38. The van der Waals surface area contributed by atoms with Crippen molar-refractivity contribution in [2.45, 2.75) is 13.0 Å². The van der Waals surface area contributed by atoms with Crippen LogP contribution in [-0.4, -0.2) is 28.7 Å². The highest BCUT2D eigenvalue weighted by Crippen LogP contribution is 2.16. The monoisotopic (exact) mass is 460 g/mol. The van der Waals surface area contributed by atoms with E-state index in [0.717, 1.165) is 4.47 Å². The van der Waals surface area contributed by atoms with E-state index in [-0.39, 0.29) is 22.5 Å². The number of carbonyl (C=O) groups is 3. The van der Waals surface area contributed by atoms with E-state index in [1.807, 2.05) is 0 Å². The lowest BCUT2D eigenvalue weighted by atomic mass is 10.1.